The smallest absolute Gasteiger partial charge is 0.124 e. The lowest BCUT2D eigenvalue weighted by Gasteiger charge is -2.25. The summed E-state index contributed by atoms with van der Waals surface area (Å²) in [4.78, 5) is 13.7. The average molecular weight is 462 g/mol. The molecule has 0 amide bonds. The van der Waals surface area contributed by atoms with Crippen LogP contribution in [0.25, 0.3) is 33.4 Å². The predicted molar refractivity (Wildman–Crippen MR) is 144 cm³/mol. The Bertz CT molecular complexity index is 1500. The number of fused-ring (bicyclic) bond motifs is 1. The molecule has 0 saturated heterocycles. The molecule has 3 heterocycles. The van der Waals surface area contributed by atoms with Crippen molar-refractivity contribution in [3.05, 3.63) is 102 Å². The summed E-state index contributed by atoms with van der Waals surface area (Å²) in [5.41, 5.74) is 8.00. The van der Waals surface area contributed by atoms with Crippen LogP contribution in [-0.4, -0.2) is 20.1 Å². The lowest BCUT2D eigenvalue weighted by Crippen LogP contribution is -2.22. The summed E-state index contributed by atoms with van der Waals surface area (Å²) < 4.78 is 0. The fourth-order valence-corrected chi connectivity index (χ4v) is 5.17. The van der Waals surface area contributed by atoms with Crippen LogP contribution in [0.2, 0.25) is 0 Å². The number of phenols is 1. The molecule has 5 aromatic rings. The molecule has 4 heteroatoms. The van der Waals surface area contributed by atoms with Gasteiger partial charge >= 0.3 is 0 Å². The van der Waals surface area contributed by atoms with Gasteiger partial charge in [-0.25, -0.2) is 4.98 Å². The molecular formula is C31H31N3O. The predicted octanol–water partition coefficient (Wildman–Crippen LogP) is 7.45. The highest BCUT2D eigenvalue weighted by atomic mass is 16.3. The van der Waals surface area contributed by atoms with E-state index in [1.165, 1.54) is 16.8 Å². The molecule has 0 radical (unpaired) electrons. The zero-order valence-corrected chi connectivity index (χ0v) is 20.8. The van der Waals surface area contributed by atoms with E-state index in [2.05, 4.69) is 68.0 Å². The minimum atomic E-state index is -0.292. The van der Waals surface area contributed by atoms with Crippen molar-refractivity contribution in [2.24, 2.45) is 0 Å². The summed E-state index contributed by atoms with van der Waals surface area (Å²) >= 11 is 0. The van der Waals surface area contributed by atoms with Gasteiger partial charge in [0.2, 0.25) is 0 Å². The maximum Gasteiger partial charge on any atom is 0.124 e. The molecule has 0 aliphatic heterocycles. The first-order valence-corrected chi connectivity index (χ1v) is 12.3. The Hall–Kier alpha value is -3.92. The summed E-state index contributed by atoms with van der Waals surface area (Å²) in [5.74, 6) is 0.231. The van der Waals surface area contributed by atoms with Gasteiger partial charge in [-0.3, -0.25) is 4.98 Å². The fourth-order valence-electron chi connectivity index (χ4n) is 5.17. The molecule has 0 atom stereocenters. The molecule has 35 heavy (non-hydrogen) atoms. The number of aromatic amines is 1. The van der Waals surface area contributed by atoms with Crippen molar-refractivity contribution < 1.29 is 5.11 Å². The first-order valence-electron chi connectivity index (χ1n) is 12.3. The van der Waals surface area contributed by atoms with Gasteiger partial charge < -0.3 is 10.1 Å². The maximum absolute atomic E-state index is 10.6. The van der Waals surface area contributed by atoms with E-state index in [-0.39, 0.29) is 11.2 Å². The first-order chi connectivity index (χ1) is 17.0. The van der Waals surface area contributed by atoms with Gasteiger partial charge in [0, 0.05) is 28.3 Å². The third kappa shape index (κ3) is 3.89. The zero-order chi connectivity index (χ0) is 24.6. The van der Waals surface area contributed by atoms with Gasteiger partial charge in [0.1, 0.15) is 5.75 Å². The van der Waals surface area contributed by atoms with E-state index in [1.54, 1.807) is 6.07 Å². The van der Waals surface area contributed by atoms with Crippen LogP contribution in [-0.2, 0) is 18.3 Å². The van der Waals surface area contributed by atoms with Crippen LogP contribution in [0.3, 0.4) is 0 Å². The van der Waals surface area contributed by atoms with Crippen LogP contribution in [0.5, 0.6) is 5.75 Å². The van der Waals surface area contributed by atoms with Crippen LogP contribution >= 0.6 is 0 Å². The highest BCUT2D eigenvalue weighted by Gasteiger charge is 2.32. The molecular weight excluding hydrogens is 430 g/mol. The molecule has 176 valence electrons. The minimum Gasteiger partial charge on any atom is -0.507 e. The van der Waals surface area contributed by atoms with Crippen LogP contribution in [0.15, 0.2) is 79.0 Å². The maximum atomic E-state index is 10.6. The fraction of sp³-hybridized carbons (Fsp3) is 0.226. The van der Waals surface area contributed by atoms with Crippen molar-refractivity contribution in [2.75, 3.05) is 0 Å². The Kier molecular flexibility index (Phi) is 5.89. The first kappa shape index (κ1) is 22.9. The molecule has 0 fully saturated rings. The van der Waals surface area contributed by atoms with Gasteiger partial charge in [-0.2, -0.15) is 0 Å². The van der Waals surface area contributed by atoms with Gasteiger partial charge in [0.05, 0.1) is 22.8 Å². The van der Waals surface area contributed by atoms with Crippen molar-refractivity contribution in [3.8, 4) is 28.4 Å². The number of hydrogen-bond acceptors (Lipinski definition) is 3. The largest absolute Gasteiger partial charge is 0.507 e. The summed E-state index contributed by atoms with van der Waals surface area (Å²) in [6.07, 6.45) is 3.67. The number of hydrogen-bond donors (Lipinski definition) is 2. The van der Waals surface area contributed by atoms with Gasteiger partial charge in [0.25, 0.3) is 0 Å². The Morgan fingerprint density at radius 2 is 1.57 bits per heavy atom. The van der Waals surface area contributed by atoms with Crippen molar-refractivity contribution in [1.82, 2.24) is 15.0 Å². The summed E-state index contributed by atoms with van der Waals surface area (Å²) in [5, 5.41) is 12.7. The molecule has 0 spiro atoms. The van der Waals surface area contributed by atoms with Crippen LogP contribution in [0.1, 0.15) is 50.2 Å². The SMILES string of the molecule is CCc1c(-c2nc(-c3ccccc3O)cc3ccccc23)[nH]c(C(C)(C)c2ccccn2)c1CC. The second kappa shape index (κ2) is 9.03. The van der Waals surface area contributed by atoms with Crippen LogP contribution in [0.4, 0.5) is 0 Å². The normalized spacial score (nSPS) is 11.8. The van der Waals surface area contributed by atoms with Crippen LogP contribution in [0, 0.1) is 0 Å². The van der Waals surface area contributed by atoms with E-state index in [9.17, 15) is 5.11 Å². The lowest BCUT2D eigenvalue weighted by atomic mass is 9.82. The molecule has 3 aromatic heterocycles. The molecule has 4 nitrogen and oxygen atoms in total. The molecule has 0 unspecified atom stereocenters. The van der Waals surface area contributed by atoms with E-state index >= 15 is 0 Å². The summed E-state index contributed by atoms with van der Waals surface area (Å²) in [6, 6.07) is 23.9. The molecule has 0 bridgehead atoms. The number of H-pyrrole nitrogens is 1. The minimum absolute atomic E-state index is 0.231. The number of aromatic hydroxyl groups is 1. The van der Waals surface area contributed by atoms with Crippen LogP contribution < -0.4 is 0 Å². The third-order valence-electron chi connectivity index (χ3n) is 7.01. The number of rotatable bonds is 6. The Morgan fingerprint density at radius 1 is 0.857 bits per heavy atom. The number of para-hydroxylation sites is 1. The number of aromatic nitrogens is 3. The lowest BCUT2D eigenvalue weighted by molar-refractivity contribution is 0.477. The Morgan fingerprint density at radius 3 is 2.29 bits per heavy atom. The summed E-state index contributed by atoms with van der Waals surface area (Å²) in [7, 11) is 0. The van der Waals surface area contributed by atoms with Crippen molar-refractivity contribution in [1.29, 1.82) is 0 Å². The molecule has 5 rings (SSSR count). The molecule has 2 N–H and O–H groups in total. The van der Waals surface area contributed by atoms with Gasteiger partial charge in [-0.1, -0.05) is 56.3 Å². The van der Waals surface area contributed by atoms with Crippen molar-refractivity contribution in [2.45, 2.75) is 46.0 Å². The number of pyridine rings is 2. The zero-order valence-electron chi connectivity index (χ0n) is 20.8. The van der Waals surface area contributed by atoms with E-state index in [4.69, 9.17) is 4.98 Å². The number of nitrogens with zero attached hydrogens (tertiary/aromatic N) is 2. The highest BCUT2D eigenvalue weighted by Crippen LogP contribution is 2.41. The van der Waals surface area contributed by atoms with E-state index in [0.29, 0.717) is 0 Å². The molecule has 0 aliphatic rings. The number of benzene rings is 2. The van der Waals surface area contributed by atoms with Gasteiger partial charge in [-0.05, 0) is 73.5 Å². The number of nitrogens with one attached hydrogen (secondary N) is 1. The third-order valence-corrected chi connectivity index (χ3v) is 7.01. The average Bonchev–Trinajstić information content (AvgIpc) is 3.28. The quantitative estimate of drug-likeness (QED) is 0.276. The Balaban J connectivity index is 1.80. The molecule has 0 aliphatic carbocycles. The number of phenolic OH excluding ortho intramolecular Hbond substituents is 1. The topological polar surface area (TPSA) is 61.8 Å². The van der Waals surface area contributed by atoms with E-state index in [0.717, 1.165) is 52.0 Å². The second-order valence-corrected chi connectivity index (χ2v) is 9.47. The van der Waals surface area contributed by atoms with Gasteiger partial charge in [-0.15, -0.1) is 0 Å². The van der Waals surface area contributed by atoms with E-state index < -0.39 is 0 Å². The molecule has 2 aromatic carbocycles. The Labute approximate surface area is 206 Å². The highest BCUT2D eigenvalue weighted by molar-refractivity contribution is 5.97. The van der Waals surface area contributed by atoms with E-state index in [1.807, 2.05) is 42.6 Å². The summed E-state index contributed by atoms with van der Waals surface area (Å²) in [6.45, 7) is 8.88. The monoisotopic (exact) mass is 461 g/mol. The van der Waals surface area contributed by atoms with Crippen molar-refractivity contribution >= 4 is 10.8 Å². The molecule has 0 saturated carbocycles. The standard InChI is InChI=1S/C31H31N3O/c1-5-21-22(6-2)30(31(3,4)27-17-11-12-18-32-27)34-28(21)29-23-14-8-7-13-20(23)19-25(33-29)24-15-9-10-16-26(24)35/h7-19,34-35H,5-6H2,1-4H3. The second-order valence-electron chi connectivity index (χ2n) is 9.47. The van der Waals surface area contributed by atoms with Crippen molar-refractivity contribution in [3.63, 3.8) is 0 Å². The van der Waals surface area contributed by atoms with Gasteiger partial charge in [0.15, 0.2) is 0 Å².